The molecule has 0 spiro atoms. The van der Waals surface area contributed by atoms with Crippen molar-refractivity contribution in [3.63, 3.8) is 0 Å². The van der Waals surface area contributed by atoms with Crippen LogP contribution in [0.1, 0.15) is 34.1 Å². The van der Waals surface area contributed by atoms with Crippen LogP contribution in [0.2, 0.25) is 0 Å². The van der Waals surface area contributed by atoms with E-state index in [0.29, 0.717) is 24.2 Å². The second-order valence-corrected chi connectivity index (χ2v) is 3.50. The van der Waals surface area contributed by atoms with Gasteiger partial charge in [-0.3, -0.25) is 9.59 Å². The Kier molecular flexibility index (Phi) is 7.18. The number of ketones is 1. The first kappa shape index (κ1) is 15.6. The number of carbonyl (C=O) groups excluding carboxylic acids is 2. The molecule has 4 nitrogen and oxygen atoms in total. The van der Waals surface area contributed by atoms with E-state index in [4.69, 9.17) is 5.73 Å². The monoisotopic (exact) mass is 256 g/mol. The van der Waals surface area contributed by atoms with E-state index in [1.165, 1.54) is 6.92 Å². The standard InChI is InChI=1S/C12H16N2O2.ClH/c1-9(15)10-5-2-3-6-11(10)12(16)14-8-4-7-13;/h2-3,5-6H,4,7-8,13H2,1H3,(H,14,16);1H. The van der Waals surface area contributed by atoms with Gasteiger partial charge in [0.25, 0.3) is 5.91 Å². The van der Waals surface area contributed by atoms with Crippen LogP contribution < -0.4 is 11.1 Å². The van der Waals surface area contributed by atoms with E-state index in [0.717, 1.165) is 6.42 Å². The van der Waals surface area contributed by atoms with E-state index in [9.17, 15) is 9.59 Å². The van der Waals surface area contributed by atoms with Gasteiger partial charge in [-0.1, -0.05) is 18.2 Å². The van der Waals surface area contributed by atoms with Crippen LogP contribution >= 0.6 is 12.4 Å². The summed E-state index contributed by atoms with van der Waals surface area (Å²) in [6, 6.07) is 6.78. The topological polar surface area (TPSA) is 72.2 Å². The third-order valence-electron chi connectivity index (χ3n) is 2.22. The average Bonchev–Trinajstić information content (AvgIpc) is 2.29. The Morgan fingerprint density at radius 3 is 2.35 bits per heavy atom. The molecule has 94 valence electrons. The van der Waals surface area contributed by atoms with Crippen LogP contribution in [0, 0.1) is 0 Å². The summed E-state index contributed by atoms with van der Waals surface area (Å²) >= 11 is 0. The predicted octanol–water partition coefficient (Wildman–Crippen LogP) is 1.39. The number of nitrogens with two attached hydrogens (primary N) is 1. The van der Waals surface area contributed by atoms with Gasteiger partial charge < -0.3 is 11.1 Å². The van der Waals surface area contributed by atoms with Crippen LogP contribution in [0.5, 0.6) is 0 Å². The Morgan fingerprint density at radius 1 is 1.24 bits per heavy atom. The van der Waals surface area contributed by atoms with Crippen LogP contribution in [0.25, 0.3) is 0 Å². The number of nitrogens with one attached hydrogen (secondary N) is 1. The molecule has 1 rings (SSSR count). The summed E-state index contributed by atoms with van der Waals surface area (Å²) in [5, 5.41) is 2.72. The maximum atomic E-state index is 11.7. The van der Waals surface area contributed by atoms with E-state index in [1.807, 2.05) is 0 Å². The number of carbonyl (C=O) groups is 2. The van der Waals surface area contributed by atoms with Crippen LogP contribution in [0.4, 0.5) is 0 Å². The highest BCUT2D eigenvalue weighted by atomic mass is 35.5. The maximum absolute atomic E-state index is 11.7. The van der Waals surface area contributed by atoms with Crippen molar-refractivity contribution in [3.05, 3.63) is 35.4 Å². The summed E-state index contributed by atoms with van der Waals surface area (Å²) in [5.74, 6) is -0.330. The second-order valence-electron chi connectivity index (χ2n) is 3.50. The van der Waals surface area contributed by atoms with Gasteiger partial charge in [-0.05, 0) is 26.0 Å². The fourth-order valence-electron chi connectivity index (χ4n) is 1.39. The summed E-state index contributed by atoms with van der Waals surface area (Å²) in [6.45, 7) is 2.52. The molecule has 0 bridgehead atoms. The normalized spacial score (nSPS) is 9.29. The molecule has 0 saturated carbocycles. The lowest BCUT2D eigenvalue weighted by Crippen LogP contribution is -2.27. The van der Waals surface area contributed by atoms with Gasteiger partial charge in [0.15, 0.2) is 5.78 Å². The van der Waals surface area contributed by atoms with Crippen molar-refractivity contribution >= 4 is 24.1 Å². The largest absolute Gasteiger partial charge is 0.352 e. The van der Waals surface area contributed by atoms with E-state index in [-0.39, 0.29) is 24.1 Å². The molecule has 0 aromatic heterocycles. The van der Waals surface area contributed by atoms with Crippen LogP contribution in [-0.2, 0) is 0 Å². The SMILES string of the molecule is CC(=O)c1ccccc1C(=O)NCCCN.Cl. The third-order valence-corrected chi connectivity index (χ3v) is 2.22. The van der Waals surface area contributed by atoms with Gasteiger partial charge in [0.2, 0.25) is 0 Å². The lowest BCUT2D eigenvalue weighted by molar-refractivity contribution is 0.0938. The Morgan fingerprint density at radius 2 is 1.82 bits per heavy atom. The number of Topliss-reactive ketones (excluding diaryl/α,β-unsaturated/α-hetero) is 1. The minimum absolute atomic E-state index is 0. The van der Waals surface area contributed by atoms with Gasteiger partial charge in [0, 0.05) is 12.1 Å². The number of hydrogen-bond acceptors (Lipinski definition) is 3. The molecular weight excluding hydrogens is 240 g/mol. The van der Waals surface area contributed by atoms with E-state index >= 15 is 0 Å². The molecule has 0 unspecified atom stereocenters. The molecular formula is C12H17ClN2O2. The predicted molar refractivity (Wildman–Crippen MR) is 69.7 cm³/mol. The quantitative estimate of drug-likeness (QED) is 0.618. The Balaban J connectivity index is 0.00000256. The number of hydrogen-bond donors (Lipinski definition) is 2. The smallest absolute Gasteiger partial charge is 0.252 e. The van der Waals surface area contributed by atoms with Crippen molar-refractivity contribution < 1.29 is 9.59 Å². The summed E-state index contributed by atoms with van der Waals surface area (Å²) in [4.78, 5) is 23.0. The first-order valence-electron chi connectivity index (χ1n) is 5.25. The van der Waals surface area contributed by atoms with Crippen molar-refractivity contribution in [2.24, 2.45) is 5.73 Å². The van der Waals surface area contributed by atoms with Crippen molar-refractivity contribution in [2.75, 3.05) is 13.1 Å². The second kappa shape index (κ2) is 7.81. The zero-order chi connectivity index (χ0) is 12.0. The number of amides is 1. The van der Waals surface area contributed by atoms with E-state index in [2.05, 4.69) is 5.32 Å². The zero-order valence-electron chi connectivity index (χ0n) is 9.73. The molecule has 17 heavy (non-hydrogen) atoms. The van der Waals surface area contributed by atoms with Gasteiger partial charge >= 0.3 is 0 Å². The van der Waals surface area contributed by atoms with Crippen molar-refractivity contribution in [1.29, 1.82) is 0 Å². The van der Waals surface area contributed by atoms with Gasteiger partial charge in [0.05, 0.1) is 5.56 Å². The highest BCUT2D eigenvalue weighted by molar-refractivity contribution is 6.07. The zero-order valence-corrected chi connectivity index (χ0v) is 10.5. The van der Waals surface area contributed by atoms with Gasteiger partial charge in [-0.15, -0.1) is 12.4 Å². The Labute approximate surface area is 107 Å². The van der Waals surface area contributed by atoms with Gasteiger partial charge in [-0.25, -0.2) is 0 Å². The molecule has 0 aliphatic rings. The first-order valence-corrected chi connectivity index (χ1v) is 5.25. The summed E-state index contributed by atoms with van der Waals surface area (Å²) in [5.41, 5.74) is 6.20. The first-order chi connectivity index (χ1) is 7.66. The van der Waals surface area contributed by atoms with E-state index in [1.54, 1.807) is 24.3 Å². The number of halogens is 1. The Hall–Kier alpha value is -1.39. The summed E-state index contributed by atoms with van der Waals surface area (Å²) in [7, 11) is 0. The van der Waals surface area contributed by atoms with Crippen LogP contribution in [0.15, 0.2) is 24.3 Å². The third kappa shape index (κ3) is 4.54. The highest BCUT2D eigenvalue weighted by Gasteiger charge is 2.12. The minimum Gasteiger partial charge on any atom is -0.352 e. The molecule has 0 fully saturated rings. The van der Waals surface area contributed by atoms with Crippen LogP contribution in [0.3, 0.4) is 0 Å². The van der Waals surface area contributed by atoms with E-state index < -0.39 is 0 Å². The lowest BCUT2D eigenvalue weighted by atomic mass is 10.0. The van der Waals surface area contributed by atoms with Gasteiger partial charge in [-0.2, -0.15) is 0 Å². The van der Waals surface area contributed by atoms with Crippen molar-refractivity contribution in [3.8, 4) is 0 Å². The Bertz CT molecular complexity index is 394. The summed E-state index contributed by atoms with van der Waals surface area (Å²) < 4.78 is 0. The molecule has 0 atom stereocenters. The van der Waals surface area contributed by atoms with Gasteiger partial charge in [0.1, 0.15) is 0 Å². The highest BCUT2D eigenvalue weighted by Crippen LogP contribution is 2.09. The molecule has 0 aliphatic carbocycles. The van der Waals surface area contributed by atoms with Crippen molar-refractivity contribution in [1.82, 2.24) is 5.32 Å². The molecule has 3 N–H and O–H groups in total. The molecule has 0 radical (unpaired) electrons. The van der Waals surface area contributed by atoms with Crippen molar-refractivity contribution in [2.45, 2.75) is 13.3 Å². The number of benzene rings is 1. The van der Waals surface area contributed by atoms with Crippen LogP contribution in [-0.4, -0.2) is 24.8 Å². The molecule has 1 aromatic carbocycles. The molecule has 5 heteroatoms. The molecule has 0 saturated heterocycles. The maximum Gasteiger partial charge on any atom is 0.252 e. The minimum atomic E-state index is -0.223. The fourth-order valence-corrected chi connectivity index (χ4v) is 1.39. The molecule has 1 aromatic rings. The molecule has 1 amide bonds. The molecule has 0 aliphatic heterocycles. The number of rotatable bonds is 5. The molecule has 0 heterocycles. The summed E-state index contributed by atoms with van der Waals surface area (Å²) in [6.07, 6.45) is 0.730. The average molecular weight is 257 g/mol. The lowest BCUT2D eigenvalue weighted by Gasteiger charge is -2.07. The fraction of sp³-hybridized carbons (Fsp3) is 0.333.